The number of rotatable bonds is 5. The smallest absolute Gasteiger partial charge is 0.305 e. The number of hydrogen-bond donors (Lipinski definition) is 3. The van der Waals surface area contributed by atoms with Gasteiger partial charge in [-0.05, 0) is 36.2 Å². The zero-order chi connectivity index (χ0) is 20.0. The number of nitrogens with one attached hydrogen (secondary N) is 1. The maximum absolute atomic E-state index is 11.5. The number of para-hydroxylation sites is 1. The summed E-state index contributed by atoms with van der Waals surface area (Å²) in [5.41, 5.74) is 0.830. The van der Waals surface area contributed by atoms with Crippen molar-refractivity contribution in [1.29, 1.82) is 0 Å². The van der Waals surface area contributed by atoms with Gasteiger partial charge in [0, 0.05) is 32.0 Å². The lowest BCUT2D eigenvalue weighted by Crippen LogP contribution is -2.36. The molecule has 29 heavy (non-hydrogen) atoms. The van der Waals surface area contributed by atoms with Crippen LogP contribution in [0.5, 0.6) is 5.75 Å². The van der Waals surface area contributed by atoms with Gasteiger partial charge in [-0.1, -0.05) is 35.6 Å². The first-order valence-corrected chi connectivity index (χ1v) is 10.8. The molecule has 2 heterocycles. The summed E-state index contributed by atoms with van der Waals surface area (Å²) in [6.07, 6.45) is 0.803. The Balaban J connectivity index is 1.21. The van der Waals surface area contributed by atoms with Crippen LogP contribution in [0, 0.1) is 5.92 Å². The number of ether oxygens (including phenoxy) is 1. The van der Waals surface area contributed by atoms with E-state index in [1.807, 2.05) is 48.5 Å². The molecule has 1 aromatic heterocycles. The van der Waals surface area contributed by atoms with Gasteiger partial charge in [-0.3, -0.25) is 9.69 Å². The van der Waals surface area contributed by atoms with Gasteiger partial charge in [0.05, 0.1) is 21.9 Å². The van der Waals surface area contributed by atoms with E-state index in [4.69, 9.17) is 4.74 Å². The van der Waals surface area contributed by atoms with E-state index >= 15 is 0 Å². The molecule has 2 fully saturated rings. The molecule has 1 aliphatic heterocycles. The lowest BCUT2D eigenvalue weighted by Gasteiger charge is -2.25. The lowest BCUT2D eigenvalue weighted by molar-refractivity contribution is 0.0179. The molecule has 2 aliphatic rings. The van der Waals surface area contributed by atoms with Crippen molar-refractivity contribution in [1.82, 2.24) is 9.88 Å². The summed E-state index contributed by atoms with van der Waals surface area (Å²) in [5.74, 6) is 0.997. The monoisotopic (exact) mass is 412 g/mol. The Kier molecular flexibility index (Phi) is 4.70. The largest absolute Gasteiger partial charge is 0.490 e. The second-order valence-corrected chi connectivity index (χ2v) is 9.29. The second kappa shape index (κ2) is 7.25. The Labute approximate surface area is 172 Å². The molecule has 152 valence electrons. The van der Waals surface area contributed by atoms with Gasteiger partial charge < -0.3 is 19.9 Å². The van der Waals surface area contributed by atoms with Crippen molar-refractivity contribution >= 4 is 21.6 Å². The first-order chi connectivity index (χ1) is 14.0. The van der Waals surface area contributed by atoms with Crippen LogP contribution in [-0.2, 0) is 0 Å². The van der Waals surface area contributed by atoms with Gasteiger partial charge in [-0.15, -0.1) is 0 Å². The van der Waals surface area contributed by atoms with Crippen LogP contribution in [0.3, 0.4) is 0 Å². The molecule has 5 rings (SSSR count). The number of likely N-dealkylation sites (tertiary alicyclic amines) is 1. The van der Waals surface area contributed by atoms with Crippen LogP contribution in [0.2, 0.25) is 0 Å². The fourth-order valence-electron chi connectivity index (χ4n) is 4.82. The fourth-order valence-corrected chi connectivity index (χ4v) is 5.61. The molecule has 3 N–H and O–H groups in total. The van der Waals surface area contributed by atoms with E-state index in [2.05, 4.69) is 9.88 Å². The summed E-state index contributed by atoms with van der Waals surface area (Å²) in [6, 6.07) is 15.3. The molecule has 2 aromatic carbocycles. The Morgan fingerprint density at radius 3 is 2.90 bits per heavy atom. The minimum atomic E-state index is -0.761. The van der Waals surface area contributed by atoms with Crippen LogP contribution in [0.4, 0.5) is 0 Å². The van der Waals surface area contributed by atoms with Crippen molar-refractivity contribution in [3.05, 3.63) is 63.8 Å². The van der Waals surface area contributed by atoms with Crippen molar-refractivity contribution < 1.29 is 14.9 Å². The predicted molar refractivity (Wildman–Crippen MR) is 112 cm³/mol. The highest BCUT2D eigenvalue weighted by Crippen LogP contribution is 2.43. The zero-order valence-corrected chi connectivity index (χ0v) is 16.8. The molecule has 3 aromatic rings. The maximum Gasteiger partial charge on any atom is 0.305 e. The summed E-state index contributed by atoms with van der Waals surface area (Å²) in [6.45, 7) is 1.76. The van der Waals surface area contributed by atoms with E-state index < -0.39 is 11.7 Å². The van der Waals surface area contributed by atoms with Crippen molar-refractivity contribution in [2.45, 2.75) is 30.7 Å². The third-order valence-electron chi connectivity index (χ3n) is 6.17. The van der Waals surface area contributed by atoms with Gasteiger partial charge in [0.1, 0.15) is 11.9 Å². The second-order valence-electron chi connectivity index (χ2n) is 8.27. The topological polar surface area (TPSA) is 85.8 Å². The quantitative estimate of drug-likeness (QED) is 0.600. The molecule has 1 saturated heterocycles. The number of benzene rings is 2. The van der Waals surface area contributed by atoms with Crippen molar-refractivity contribution in [3.63, 3.8) is 0 Å². The average molecular weight is 413 g/mol. The molecule has 0 spiro atoms. The van der Waals surface area contributed by atoms with E-state index in [0.717, 1.165) is 45.8 Å². The number of aliphatic hydroxyl groups excluding tert-OH is 1. The third kappa shape index (κ3) is 3.71. The van der Waals surface area contributed by atoms with E-state index in [9.17, 15) is 15.0 Å². The summed E-state index contributed by atoms with van der Waals surface area (Å²) in [4.78, 5) is 16.3. The molecule has 1 saturated carbocycles. The highest BCUT2D eigenvalue weighted by Gasteiger charge is 2.52. The third-order valence-corrected chi connectivity index (χ3v) is 7.02. The minimum absolute atomic E-state index is 0.0262. The van der Waals surface area contributed by atoms with Gasteiger partial charge in [-0.2, -0.15) is 0 Å². The maximum atomic E-state index is 11.5. The summed E-state index contributed by atoms with van der Waals surface area (Å²) >= 11 is 1.15. The molecule has 7 heteroatoms. The molecule has 6 nitrogen and oxygen atoms in total. The number of thiazole rings is 1. The Morgan fingerprint density at radius 2 is 2.10 bits per heavy atom. The van der Waals surface area contributed by atoms with Gasteiger partial charge in [0.25, 0.3) is 0 Å². The summed E-state index contributed by atoms with van der Waals surface area (Å²) in [5, 5.41) is 21.8. The SMILES string of the molecule is O=c1[nH]c2ccc([C@H](O)CN3C[C@H]4C[C@H](Oc5ccccc5)C[C@@]4(O)C3)cc2s1. The summed E-state index contributed by atoms with van der Waals surface area (Å²) in [7, 11) is 0. The van der Waals surface area contributed by atoms with Crippen LogP contribution in [0.15, 0.2) is 53.3 Å². The molecule has 0 bridgehead atoms. The van der Waals surface area contributed by atoms with E-state index in [1.54, 1.807) is 0 Å². The first kappa shape index (κ1) is 18.8. The molecule has 4 atom stereocenters. The van der Waals surface area contributed by atoms with Crippen LogP contribution < -0.4 is 9.61 Å². The van der Waals surface area contributed by atoms with Gasteiger partial charge in [0.15, 0.2) is 0 Å². The van der Waals surface area contributed by atoms with Gasteiger partial charge >= 0.3 is 4.87 Å². The number of hydrogen-bond acceptors (Lipinski definition) is 6. The standard InChI is InChI=1S/C22H24N2O4S/c25-19(14-6-7-18-20(8-14)29-21(26)23-18)12-24-11-15-9-17(10-22(15,27)13-24)28-16-4-2-1-3-5-16/h1-8,15,17,19,25,27H,9-13H2,(H,23,26)/t15-,17+,19-,22-/m1/s1. The van der Waals surface area contributed by atoms with Crippen molar-refractivity contribution in [3.8, 4) is 5.75 Å². The highest BCUT2D eigenvalue weighted by atomic mass is 32.1. The van der Waals surface area contributed by atoms with Gasteiger partial charge in [-0.25, -0.2) is 0 Å². The fraction of sp³-hybridized carbons (Fsp3) is 0.409. The molecular formula is C22H24N2O4S. The molecular weight excluding hydrogens is 388 g/mol. The van der Waals surface area contributed by atoms with Crippen LogP contribution in [0.25, 0.3) is 10.2 Å². The minimum Gasteiger partial charge on any atom is -0.490 e. The molecule has 1 aliphatic carbocycles. The average Bonchev–Trinajstić information content (AvgIpc) is 3.29. The predicted octanol–water partition coefficient (Wildman–Crippen LogP) is 2.53. The number of β-amino-alcohol motifs (C(OH)–C–C–N with tert-alkyl or cyclic N) is 2. The van der Waals surface area contributed by atoms with E-state index in [1.165, 1.54) is 0 Å². The van der Waals surface area contributed by atoms with Crippen LogP contribution in [0.1, 0.15) is 24.5 Å². The number of aliphatic hydroxyl groups is 2. The van der Waals surface area contributed by atoms with E-state index in [-0.39, 0.29) is 16.9 Å². The molecule has 0 unspecified atom stereocenters. The van der Waals surface area contributed by atoms with Crippen LogP contribution >= 0.6 is 11.3 Å². The Hall–Kier alpha value is -2.19. The van der Waals surface area contributed by atoms with Gasteiger partial charge in [0.2, 0.25) is 0 Å². The summed E-state index contributed by atoms with van der Waals surface area (Å²) < 4.78 is 6.90. The number of nitrogens with zero attached hydrogens (tertiary/aromatic N) is 1. The van der Waals surface area contributed by atoms with Crippen molar-refractivity contribution in [2.24, 2.45) is 5.92 Å². The Bertz CT molecular complexity index is 1070. The van der Waals surface area contributed by atoms with Crippen molar-refractivity contribution in [2.75, 3.05) is 19.6 Å². The normalized spacial score (nSPS) is 27.9. The highest BCUT2D eigenvalue weighted by molar-refractivity contribution is 7.16. The zero-order valence-electron chi connectivity index (χ0n) is 16.0. The number of fused-ring (bicyclic) bond motifs is 2. The lowest BCUT2D eigenvalue weighted by atomic mass is 9.95. The Morgan fingerprint density at radius 1 is 1.28 bits per heavy atom. The van der Waals surface area contributed by atoms with E-state index in [0.29, 0.717) is 19.5 Å². The molecule has 0 radical (unpaired) electrons. The number of aromatic amines is 1. The number of aromatic nitrogens is 1. The first-order valence-electron chi connectivity index (χ1n) is 9.96. The molecule has 0 amide bonds. The van der Waals surface area contributed by atoms with Crippen LogP contribution in [-0.4, -0.2) is 51.4 Å². The number of H-pyrrole nitrogens is 1.